The zero-order valence-corrected chi connectivity index (χ0v) is 17.5. The molecule has 0 unspecified atom stereocenters. The van der Waals surface area contributed by atoms with Crippen LogP contribution in [0, 0.1) is 6.92 Å². The standard InChI is InChI=1S/C19H18ClN3O5S/c1-12-8-9-13(19(24)27-3)10-16(12)29(25,26)23(2)11-17-21-18(22-28-17)14-6-4-5-7-15(14)20/h4-10H,11H2,1-3H3. The van der Waals surface area contributed by atoms with E-state index in [4.69, 9.17) is 16.1 Å². The lowest BCUT2D eigenvalue weighted by Gasteiger charge is -2.17. The molecule has 0 bridgehead atoms. The summed E-state index contributed by atoms with van der Waals surface area (Å²) in [4.78, 5) is 16.0. The highest BCUT2D eigenvalue weighted by Gasteiger charge is 2.26. The van der Waals surface area contributed by atoms with Crippen molar-refractivity contribution in [3.8, 4) is 11.4 Å². The van der Waals surface area contributed by atoms with Gasteiger partial charge in [0.05, 0.1) is 29.1 Å². The minimum atomic E-state index is -3.92. The van der Waals surface area contributed by atoms with Gasteiger partial charge in [-0.2, -0.15) is 9.29 Å². The molecule has 0 radical (unpaired) electrons. The first-order valence-corrected chi connectivity index (χ1v) is 10.3. The molecule has 0 spiro atoms. The molecule has 0 aliphatic carbocycles. The summed E-state index contributed by atoms with van der Waals surface area (Å²) in [6, 6.07) is 11.3. The molecule has 0 atom stereocenters. The summed E-state index contributed by atoms with van der Waals surface area (Å²) in [6.07, 6.45) is 0. The zero-order chi connectivity index (χ0) is 21.2. The van der Waals surface area contributed by atoms with E-state index in [9.17, 15) is 13.2 Å². The van der Waals surface area contributed by atoms with Crippen LogP contribution in [0.15, 0.2) is 51.9 Å². The number of rotatable bonds is 6. The van der Waals surface area contributed by atoms with Crippen molar-refractivity contribution in [2.75, 3.05) is 14.2 Å². The summed E-state index contributed by atoms with van der Waals surface area (Å²) in [5.74, 6) is -0.251. The number of methoxy groups -OCH3 is 1. The van der Waals surface area contributed by atoms with Crippen molar-refractivity contribution in [1.82, 2.24) is 14.4 Å². The van der Waals surface area contributed by atoms with Crippen molar-refractivity contribution in [2.45, 2.75) is 18.4 Å². The second-order valence-electron chi connectivity index (χ2n) is 6.22. The Morgan fingerprint density at radius 3 is 2.66 bits per heavy atom. The van der Waals surface area contributed by atoms with E-state index in [2.05, 4.69) is 14.9 Å². The summed E-state index contributed by atoms with van der Waals surface area (Å²) in [7, 11) is -1.31. The van der Waals surface area contributed by atoms with Crippen molar-refractivity contribution in [3.05, 3.63) is 64.5 Å². The van der Waals surface area contributed by atoms with Gasteiger partial charge in [-0.25, -0.2) is 13.2 Å². The van der Waals surface area contributed by atoms with Gasteiger partial charge in [-0.05, 0) is 36.8 Å². The highest BCUT2D eigenvalue weighted by atomic mass is 35.5. The SMILES string of the molecule is COC(=O)c1ccc(C)c(S(=O)(=O)N(C)Cc2nc(-c3ccccc3Cl)no2)c1. The first kappa shape index (κ1) is 21.0. The number of sulfonamides is 1. The van der Waals surface area contributed by atoms with Crippen LogP contribution in [0.1, 0.15) is 21.8 Å². The van der Waals surface area contributed by atoms with Crippen LogP contribution in [0.2, 0.25) is 5.02 Å². The van der Waals surface area contributed by atoms with E-state index >= 15 is 0 Å². The highest BCUT2D eigenvalue weighted by Crippen LogP contribution is 2.26. The van der Waals surface area contributed by atoms with Gasteiger partial charge >= 0.3 is 5.97 Å². The number of aryl methyl sites for hydroxylation is 1. The lowest BCUT2D eigenvalue weighted by atomic mass is 10.1. The van der Waals surface area contributed by atoms with Gasteiger partial charge in [0, 0.05) is 12.6 Å². The Morgan fingerprint density at radius 2 is 1.97 bits per heavy atom. The van der Waals surface area contributed by atoms with Gasteiger partial charge in [0.15, 0.2) is 0 Å². The third-order valence-corrected chi connectivity index (χ3v) is 6.51. The van der Waals surface area contributed by atoms with Crippen LogP contribution in [-0.2, 0) is 21.3 Å². The van der Waals surface area contributed by atoms with Crippen molar-refractivity contribution in [2.24, 2.45) is 0 Å². The number of carbonyl (C=O) groups is 1. The fraction of sp³-hybridized carbons (Fsp3) is 0.211. The van der Waals surface area contributed by atoms with E-state index in [1.807, 2.05) is 0 Å². The Bertz CT molecular complexity index is 1160. The molecule has 1 heterocycles. The molecule has 0 saturated heterocycles. The molecule has 0 amide bonds. The van der Waals surface area contributed by atoms with Crippen molar-refractivity contribution in [1.29, 1.82) is 0 Å². The number of ether oxygens (including phenoxy) is 1. The number of nitrogens with zero attached hydrogens (tertiary/aromatic N) is 3. The van der Waals surface area contributed by atoms with Crippen LogP contribution in [0.3, 0.4) is 0 Å². The fourth-order valence-electron chi connectivity index (χ4n) is 2.64. The fourth-order valence-corrected chi connectivity index (χ4v) is 4.22. The molecule has 1 aromatic heterocycles. The first-order chi connectivity index (χ1) is 13.7. The molecule has 152 valence electrons. The lowest BCUT2D eigenvalue weighted by molar-refractivity contribution is 0.0600. The van der Waals surface area contributed by atoms with Crippen molar-refractivity contribution < 1.29 is 22.5 Å². The van der Waals surface area contributed by atoms with Crippen molar-refractivity contribution >= 4 is 27.6 Å². The summed E-state index contributed by atoms with van der Waals surface area (Å²) in [5, 5.41) is 4.32. The maximum atomic E-state index is 13.0. The quantitative estimate of drug-likeness (QED) is 0.547. The van der Waals surface area contributed by atoms with Gasteiger partial charge in [-0.1, -0.05) is 35.0 Å². The Labute approximate surface area is 173 Å². The number of hydrogen-bond donors (Lipinski definition) is 0. The van der Waals surface area contributed by atoms with Crippen molar-refractivity contribution in [3.63, 3.8) is 0 Å². The second-order valence-corrected chi connectivity index (χ2v) is 8.65. The van der Waals surface area contributed by atoms with Gasteiger partial charge in [0.1, 0.15) is 0 Å². The molecule has 2 aromatic carbocycles. The van der Waals surface area contributed by atoms with E-state index in [1.54, 1.807) is 37.3 Å². The van der Waals surface area contributed by atoms with Crippen LogP contribution in [-0.4, -0.2) is 43.0 Å². The van der Waals surface area contributed by atoms with E-state index in [0.29, 0.717) is 16.1 Å². The largest absolute Gasteiger partial charge is 0.465 e. The average Bonchev–Trinajstić information content (AvgIpc) is 3.16. The topological polar surface area (TPSA) is 103 Å². The van der Waals surface area contributed by atoms with Gasteiger partial charge in [-0.3, -0.25) is 0 Å². The van der Waals surface area contributed by atoms with Gasteiger partial charge in [0.2, 0.25) is 21.7 Å². The number of carbonyl (C=O) groups excluding carboxylic acids is 1. The summed E-state index contributed by atoms with van der Waals surface area (Å²) in [6.45, 7) is 1.49. The predicted molar refractivity (Wildman–Crippen MR) is 106 cm³/mol. The average molecular weight is 436 g/mol. The second kappa shape index (κ2) is 8.32. The Hall–Kier alpha value is -2.75. The summed E-state index contributed by atoms with van der Waals surface area (Å²) >= 11 is 6.13. The maximum absolute atomic E-state index is 13.0. The predicted octanol–water partition coefficient (Wildman–Crippen LogP) is 3.31. The number of benzene rings is 2. The van der Waals surface area contributed by atoms with E-state index in [1.165, 1.54) is 26.3 Å². The number of esters is 1. The molecule has 3 aromatic rings. The molecule has 0 N–H and O–H groups in total. The Morgan fingerprint density at radius 1 is 1.24 bits per heavy atom. The monoisotopic (exact) mass is 435 g/mol. The van der Waals surface area contributed by atoms with Crippen LogP contribution in [0.5, 0.6) is 0 Å². The molecule has 0 fully saturated rings. The molecule has 0 aliphatic heterocycles. The van der Waals surface area contributed by atoms with Crippen LogP contribution >= 0.6 is 11.6 Å². The van der Waals surface area contributed by atoms with Gasteiger partial charge in [-0.15, -0.1) is 0 Å². The van der Waals surface area contributed by atoms with Crippen LogP contribution < -0.4 is 0 Å². The molecule has 0 saturated carbocycles. The number of hydrogen-bond acceptors (Lipinski definition) is 7. The van der Waals surface area contributed by atoms with E-state index in [0.717, 1.165) is 4.31 Å². The lowest BCUT2D eigenvalue weighted by Crippen LogP contribution is -2.27. The van der Waals surface area contributed by atoms with Gasteiger partial charge in [0.25, 0.3) is 0 Å². The summed E-state index contributed by atoms with van der Waals surface area (Å²) < 4.78 is 36.9. The number of halogens is 1. The molecule has 0 aliphatic rings. The zero-order valence-electron chi connectivity index (χ0n) is 15.9. The normalized spacial score (nSPS) is 11.6. The third kappa shape index (κ3) is 4.31. The first-order valence-electron chi connectivity index (χ1n) is 8.47. The minimum absolute atomic E-state index is 0.00579. The molecule has 8 nitrogen and oxygen atoms in total. The van der Waals surface area contributed by atoms with Crippen LogP contribution in [0.4, 0.5) is 0 Å². The maximum Gasteiger partial charge on any atom is 0.337 e. The smallest absolute Gasteiger partial charge is 0.337 e. The minimum Gasteiger partial charge on any atom is -0.465 e. The third-order valence-electron chi connectivity index (χ3n) is 4.24. The molecule has 10 heteroatoms. The molecular formula is C19H18ClN3O5S. The van der Waals surface area contributed by atoms with Gasteiger partial charge < -0.3 is 9.26 Å². The van der Waals surface area contributed by atoms with Crippen LogP contribution in [0.25, 0.3) is 11.4 Å². The summed E-state index contributed by atoms with van der Waals surface area (Å²) in [5.41, 5.74) is 1.21. The Balaban J connectivity index is 1.87. The highest BCUT2D eigenvalue weighted by molar-refractivity contribution is 7.89. The number of aromatic nitrogens is 2. The molecular weight excluding hydrogens is 418 g/mol. The molecule has 3 rings (SSSR count). The molecule has 29 heavy (non-hydrogen) atoms. The van der Waals surface area contributed by atoms with E-state index < -0.39 is 16.0 Å². The Kier molecular flexibility index (Phi) is 6.02. The van der Waals surface area contributed by atoms with E-state index in [-0.39, 0.29) is 28.7 Å².